The van der Waals surface area contributed by atoms with E-state index in [2.05, 4.69) is 24.3 Å². The minimum atomic E-state index is 0.509. The summed E-state index contributed by atoms with van der Waals surface area (Å²) in [5.74, 6) is 0.509. The molecule has 0 aliphatic heterocycles. The molecule has 1 unspecified atom stereocenters. The van der Waals surface area contributed by atoms with Gasteiger partial charge in [0, 0.05) is 26.9 Å². The van der Waals surface area contributed by atoms with Crippen LogP contribution in [0.4, 0.5) is 0 Å². The molecule has 3 heteroatoms. The highest BCUT2D eigenvalue weighted by Crippen LogP contribution is 2.11. The molecule has 1 rings (SSSR count). The number of methoxy groups -OCH3 is 1. The molecule has 0 aliphatic carbocycles. The largest absolute Gasteiger partial charge is 0.385 e. The third-order valence-electron chi connectivity index (χ3n) is 3.01. The van der Waals surface area contributed by atoms with Crippen molar-refractivity contribution in [3.05, 3.63) is 35.9 Å². The Labute approximate surface area is 110 Å². The molecule has 0 radical (unpaired) electrons. The summed E-state index contributed by atoms with van der Waals surface area (Å²) < 4.78 is 10.5. The van der Waals surface area contributed by atoms with Gasteiger partial charge in [-0.15, -0.1) is 0 Å². The summed E-state index contributed by atoms with van der Waals surface area (Å²) in [5.41, 5.74) is 7.16. The highest BCUT2D eigenvalue weighted by molar-refractivity contribution is 5.15. The van der Waals surface area contributed by atoms with E-state index in [0.717, 1.165) is 45.6 Å². The molecule has 18 heavy (non-hydrogen) atoms. The molecule has 1 atom stereocenters. The van der Waals surface area contributed by atoms with Crippen LogP contribution in [0.3, 0.4) is 0 Å². The van der Waals surface area contributed by atoms with E-state index in [1.807, 2.05) is 6.07 Å². The van der Waals surface area contributed by atoms with E-state index in [4.69, 9.17) is 15.2 Å². The van der Waals surface area contributed by atoms with E-state index >= 15 is 0 Å². The minimum absolute atomic E-state index is 0.509. The fourth-order valence-electron chi connectivity index (χ4n) is 1.91. The molecule has 0 aromatic heterocycles. The van der Waals surface area contributed by atoms with Crippen molar-refractivity contribution in [2.24, 2.45) is 11.7 Å². The van der Waals surface area contributed by atoms with Gasteiger partial charge in [0.15, 0.2) is 0 Å². The molecule has 0 heterocycles. The van der Waals surface area contributed by atoms with Crippen LogP contribution in [0.25, 0.3) is 0 Å². The Hall–Kier alpha value is -0.900. The van der Waals surface area contributed by atoms with Gasteiger partial charge in [0.2, 0.25) is 0 Å². The highest BCUT2D eigenvalue weighted by atomic mass is 16.5. The lowest BCUT2D eigenvalue weighted by Gasteiger charge is -2.14. The van der Waals surface area contributed by atoms with Gasteiger partial charge in [0.25, 0.3) is 0 Å². The number of rotatable bonds is 10. The molecular weight excluding hydrogens is 226 g/mol. The molecule has 0 aliphatic rings. The maximum absolute atomic E-state index is 5.81. The third kappa shape index (κ3) is 6.74. The number of benzene rings is 1. The molecule has 102 valence electrons. The van der Waals surface area contributed by atoms with Crippen LogP contribution in [-0.2, 0) is 15.9 Å². The average molecular weight is 251 g/mol. The third-order valence-corrected chi connectivity index (χ3v) is 3.01. The van der Waals surface area contributed by atoms with Crippen LogP contribution >= 0.6 is 0 Å². The predicted octanol–water partition coefficient (Wildman–Crippen LogP) is 2.25. The molecular formula is C15H25NO2. The average Bonchev–Trinajstić information content (AvgIpc) is 2.42. The molecule has 0 spiro atoms. The van der Waals surface area contributed by atoms with E-state index < -0.39 is 0 Å². The molecule has 1 aromatic rings. The van der Waals surface area contributed by atoms with Gasteiger partial charge in [0.1, 0.15) is 0 Å². The number of hydrogen-bond donors (Lipinski definition) is 1. The van der Waals surface area contributed by atoms with E-state index in [0.29, 0.717) is 5.92 Å². The first-order valence-electron chi connectivity index (χ1n) is 6.67. The van der Waals surface area contributed by atoms with Gasteiger partial charge in [-0.2, -0.15) is 0 Å². The molecule has 0 amide bonds. The van der Waals surface area contributed by atoms with Crippen LogP contribution in [0.15, 0.2) is 30.3 Å². The Morgan fingerprint density at radius 3 is 2.56 bits per heavy atom. The summed E-state index contributed by atoms with van der Waals surface area (Å²) >= 11 is 0. The number of ether oxygens (including phenoxy) is 2. The van der Waals surface area contributed by atoms with Crippen molar-refractivity contribution in [2.75, 3.05) is 33.5 Å². The summed E-state index contributed by atoms with van der Waals surface area (Å²) in [4.78, 5) is 0. The van der Waals surface area contributed by atoms with Crippen LogP contribution in [-0.4, -0.2) is 33.5 Å². The molecule has 2 N–H and O–H groups in total. The smallest absolute Gasteiger partial charge is 0.0487 e. The normalized spacial score (nSPS) is 12.6. The van der Waals surface area contributed by atoms with Gasteiger partial charge < -0.3 is 15.2 Å². The highest BCUT2D eigenvalue weighted by Gasteiger charge is 2.07. The van der Waals surface area contributed by atoms with E-state index in [1.54, 1.807) is 7.11 Å². The first-order chi connectivity index (χ1) is 8.86. The summed E-state index contributed by atoms with van der Waals surface area (Å²) in [6, 6.07) is 10.5. The first-order valence-corrected chi connectivity index (χ1v) is 6.67. The fourth-order valence-corrected chi connectivity index (χ4v) is 1.91. The van der Waals surface area contributed by atoms with Crippen molar-refractivity contribution in [1.82, 2.24) is 0 Å². The van der Waals surface area contributed by atoms with Gasteiger partial charge in [-0.3, -0.25) is 0 Å². The number of hydrogen-bond acceptors (Lipinski definition) is 3. The lowest BCUT2D eigenvalue weighted by molar-refractivity contribution is 0.0942. The van der Waals surface area contributed by atoms with E-state index in [1.165, 1.54) is 5.56 Å². The van der Waals surface area contributed by atoms with Gasteiger partial charge in [0.05, 0.1) is 0 Å². The molecule has 0 fully saturated rings. The lowest BCUT2D eigenvalue weighted by atomic mass is 9.97. The Morgan fingerprint density at radius 2 is 1.89 bits per heavy atom. The summed E-state index contributed by atoms with van der Waals surface area (Å²) in [7, 11) is 1.71. The van der Waals surface area contributed by atoms with Gasteiger partial charge >= 0.3 is 0 Å². The van der Waals surface area contributed by atoms with Crippen molar-refractivity contribution in [1.29, 1.82) is 0 Å². The lowest BCUT2D eigenvalue weighted by Crippen LogP contribution is -2.19. The van der Waals surface area contributed by atoms with Crippen molar-refractivity contribution in [3.63, 3.8) is 0 Å². The minimum Gasteiger partial charge on any atom is -0.385 e. The van der Waals surface area contributed by atoms with Gasteiger partial charge in [-0.25, -0.2) is 0 Å². The molecule has 0 saturated heterocycles. The maximum atomic E-state index is 5.81. The van der Waals surface area contributed by atoms with Crippen molar-refractivity contribution >= 4 is 0 Å². The van der Waals surface area contributed by atoms with Gasteiger partial charge in [-0.1, -0.05) is 30.3 Å². The standard InChI is InChI=1S/C15H25NO2/c1-17-9-5-10-18-11-8-15(13-16)12-14-6-3-2-4-7-14/h2-4,6-7,15H,5,8-13,16H2,1H3. The molecule has 0 bridgehead atoms. The van der Waals surface area contributed by atoms with E-state index in [-0.39, 0.29) is 0 Å². The summed E-state index contributed by atoms with van der Waals surface area (Å²) in [6.45, 7) is 3.05. The van der Waals surface area contributed by atoms with Gasteiger partial charge in [-0.05, 0) is 37.3 Å². The topological polar surface area (TPSA) is 44.5 Å². The second kappa shape index (κ2) is 10.1. The Balaban J connectivity index is 2.14. The zero-order chi connectivity index (χ0) is 13.1. The summed E-state index contributed by atoms with van der Waals surface area (Å²) in [5, 5.41) is 0. The van der Waals surface area contributed by atoms with Crippen LogP contribution in [0.5, 0.6) is 0 Å². The monoisotopic (exact) mass is 251 g/mol. The van der Waals surface area contributed by atoms with Crippen molar-refractivity contribution in [3.8, 4) is 0 Å². The Morgan fingerprint density at radius 1 is 1.11 bits per heavy atom. The molecule has 3 nitrogen and oxygen atoms in total. The second-order valence-electron chi connectivity index (χ2n) is 4.54. The van der Waals surface area contributed by atoms with Crippen LogP contribution in [0.1, 0.15) is 18.4 Å². The fraction of sp³-hybridized carbons (Fsp3) is 0.600. The quantitative estimate of drug-likeness (QED) is 0.649. The molecule has 1 aromatic carbocycles. The zero-order valence-electron chi connectivity index (χ0n) is 11.3. The zero-order valence-corrected chi connectivity index (χ0v) is 11.3. The second-order valence-corrected chi connectivity index (χ2v) is 4.54. The Kier molecular flexibility index (Phi) is 8.47. The number of nitrogens with two attached hydrogens (primary N) is 1. The SMILES string of the molecule is COCCCOCCC(CN)Cc1ccccc1. The molecule has 0 saturated carbocycles. The predicted molar refractivity (Wildman–Crippen MR) is 74.6 cm³/mol. The maximum Gasteiger partial charge on any atom is 0.0487 e. The van der Waals surface area contributed by atoms with Crippen LogP contribution < -0.4 is 5.73 Å². The van der Waals surface area contributed by atoms with E-state index in [9.17, 15) is 0 Å². The van der Waals surface area contributed by atoms with Crippen LogP contribution in [0.2, 0.25) is 0 Å². The Bertz CT molecular complexity index is 290. The summed E-state index contributed by atoms with van der Waals surface area (Å²) in [6.07, 6.45) is 3.03. The first kappa shape index (κ1) is 15.2. The van der Waals surface area contributed by atoms with Crippen molar-refractivity contribution in [2.45, 2.75) is 19.3 Å². The van der Waals surface area contributed by atoms with Crippen molar-refractivity contribution < 1.29 is 9.47 Å². The van der Waals surface area contributed by atoms with Crippen LogP contribution in [0, 0.1) is 5.92 Å².